The number of nitrogens with one attached hydrogen (secondary N) is 1. The van der Waals surface area contributed by atoms with E-state index < -0.39 is 20.0 Å². The lowest BCUT2D eigenvalue weighted by molar-refractivity contribution is 0.598. The molecule has 1 saturated heterocycles. The molecule has 0 spiro atoms. The Morgan fingerprint density at radius 1 is 1.04 bits per heavy atom. The summed E-state index contributed by atoms with van der Waals surface area (Å²) < 4.78 is 53.8. The number of anilines is 2. The van der Waals surface area contributed by atoms with Gasteiger partial charge in [-0.15, -0.1) is 0 Å². The van der Waals surface area contributed by atoms with Crippen molar-refractivity contribution in [2.75, 3.05) is 21.3 Å². The van der Waals surface area contributed by atoms with Gasteiger partial charge in [0.15, 0.2) is 0 Å². The van der Waals surface area contributed by atoms with Crippen LogP contribution in [0, 0.1) is 20.8 Å². The molecular weight excluding hydrogens is 408 g/mol. The van der Waals surface area contributed by atoms with E-state index in [0.717, 1.165) is 11.1 Å². The predicted octanol–water partition coefficient (Wildman–Crippen LogP) is 3.61. The van der Waals surface area contributed by atoms with Gasteiger partial charge in [0.1, 0.15) is 0 Å². The molecule has 0 amide bonds. The highest BCUT2D eigenvalue weighted by Gasteiger charge is 2.30. The highest BCUT2D eigenvalue weighted by molar-refractivity contribution is 7.93. The van der Waals surface area contributed by atoms with Gasteiger partial charge in [0.2, 0.25) is 10.0 Å². The van der Waals surface area contributed by atoms with Crippen molar-refractivity contribution in [2.45, 2.75) is 32.1 Å². The third-order valence-corrected chi connectivity index (χ3v) is 8.35. The Bertz CT molecular complexity index is 1110. The minimum atomic E-state index is -3.83. The number of halogens is 1. The number of hydrogen-bond acceptors (Lipinski definition) is 4. The maximum Gasteiger partial charge on any atom is 0.262 e. The first kappa shape index (κ1) is 20.0. The largest absolute Gasteiger partial charge is 0.280 e. The van der Waals surface area contributed by atoms with Crippen LogP contribution in [0.15, 0.2) is 35.2 Å². The Morgan fingerprint density at radius 3 is 2.33 bits per heavy atom. The van der Waals surface area contributed by atoms with E-state index in [0.29, 0.717) is 18.5 Å². The van der Waals surface area contributed by atoms with Gasteiger partial charge in [-0.25, -0.2) is 16.8 Å². The third kappa shape index (κ3) is 3.93. The molecule has 1 heterocycles. The fourth-order valence-electron chi connectivity index (χ4n) is 3.11. The zero-order valence-electron chi connectivity index (χ0n) is 15.3. The standard InChI is InChI=1S/C18H21ClN2O4S2/c1-12-9-14(3)18(10-13(12)2)27(24,25)20-15-5-6-16(19)17(11-15)21-7-4-8-26(21,22)23/h5-6,9-11,20H,4,7-8H2,1-3H3. The lowest BCUT2D eigenvalue weighted by atomic mass is 10.1. The van der Waals surface area contributed by atoms with Crippen molar-refractivity contribution in [3.05, 3.63) is 52.0 Å². The Labute approximate surface area is 165 Å². The molecule has 2 aromatic rings. The predicted molar refractivity (Wildman–Crippen MR) is 109 cm³/mol. The van der Waals surface area contributed by atoms with Crippen LogP contribution < -0.4 is 9.03 Å². The van der Waals surface area contributed by atoms with Crippen molar-refractivity contribution in [3.8, 4) is 0 Å². The van der Waals surface area contributed by atoms with E-state index in [1.807, 2.05) is 19.9 Å². The van der Waals surface area contributed by atoms with Crippen LogP contribution >= 0.6 is 11.6 Å². The van der Waals surface area contributed by atoms with E-state index in [-0.39, 0.29) is 27.0 Å². The first-order valence-corrected chi connectivity index (χ1v) is 11.9. The Kier molecular flexibility index (Phi) is 5.18. The van der Waals surface area contributed by atoms with Gasteiger partial charge in [-0.3, -0.25) is 9.03 Å². The number of aryl methyl sites for hydroxylation is 3. The van der Waals surface area contributed by atoms with Crippen LogP contribution in [-0.4, -0.2) is 29.1 Å². The zero-order chi connectivity index (χ0) is 20.0. The molecule has 0 saturated carbocycles. The number of sulfonamides is 2. The maximum atomic E-state index is 12.9. The van der Waals surface area contributed by atoms with E-state index in [2.05, 4.69) is 4.72 Å². The first-order valence-electron chi connectivity index (χ1n) is 8.42. The molecule has 0 atom stereocenters. The number of benzene rings is 2. The van der Waals surface area contributed by atoms with E-state index >= 15 is 0 Å². The van der Waals surface area contributed by atoms with Crippen molar-refractivity contribution in [1.82, 2.24) is 0 Å². The summed E-state index contributed by atoms with van der Waals surface area (Å²) in [5.41, 5.74) is 3.07. The second-order valence-electron chi connectivity index (χ2n) is 6.72. The molecule has 0 aromatic heterocycles. The van der Waals surface area contributed by atoms with Crippen LogP contribution in [0.25, 0.3) is 0 Å². The molecule has 1 aliphatic heterocycles. The lowest BCUT2D eigenvalue weighted by Gasteiger charge is -2.20. The van der Waals surface area contributed by atoms with Crippen molar-refractivity contribution in [2.24, 2.45) is 0 Å². The summed E-state index contributed by atoms with van der Waals surface area (Å²) >= 11 is 6.17. The van der Waals surface area contributed by atoms with Crippen LogP contribution in [0.2, 0.25) is 5.02 Å². The van der Waals surface area contributed by atoms with Gasteiger partial charge < -0.3 is 0 Å². The molecule has 0 bridgehead atoms. The molecular formula is C18H21ClN2O4S2. The molecule has 3 rings (SSSR count). The van der Waals surface area contributed by atoms with E-state index in [4.69, 9.17) is 11.6 Å². The minimum Gasteiger partial charge on any atom is -0.280 e. The van der Waals surface area contributed by atoms with Gasteiger partial charge in [-0.1, -0.05) is 17.7 Å². The third-order valence-electron chi connectivity index (χ3n) is 4.65. The smallest absolute Gasteiger partial charge is 0.262 e. The van der Waals surface area contributed by atoms with Crippen LogP contribution in [0.5, 0.6) is 0 Å². The Hall–Kier alpha value is -1.77. The van der Waals surface area contributed by atoms with Crippen LogP contribution in [0.3, 0.4) is 0 Å². The van der Waals surface area contributed by atoms with Crippen molar-refractivity contribution in [3.63, 3.8) is 0 Å². The van der Waals surface area contributed by atoms with Crippen LogP contribution in [0.1, 0.15) is 23.1 Å². The molecule has 1 fully saturated rings. The van der Waals surface area contributed by atoms with Crippen LogP contribution in [-0.2, 0) is 20.0 Å². The van der Waals surface area contributed by atoms with Gasteiger partial charge in [-0.2, -0.15) is 0 Å². The normalized spacial score (nSPS) is 16.5. The summed E-state index contributed by atoms with van der Waals surface area (Å²) in [6.07, 6.45) is 0.510. The SMILES string of the molecule is Cc1cc(C)c(S(=O)(=O)Nc2ccc(Cl)c(N3CCCS3(=O)=O)c2)cc1C. The fourth-order valence-corrected chi connectivity index (χ4v) is 6.32. The minimum absolute atomic E-state index is 0.0567. The first-order chi connectivity index (χ1) is 12.5. The zero-order valence-corrected chi connectivity index (χ0v) is 17.7. The summed E-state index contributed by atoms with van der Waals surface area (Å²) in [5, 5.41) is 0.255. The molecule has 27 heavy (non-hydrogen) atoms. The molecule has 0 unspecified atom stereocenters. The molecule has 0 aliphatic carbocycles. The topological polar surface area (TPSA) is 83.6 Å². The summed E-state index contributed by atoms with van der Waals surface area (Å²) in [4.78, 5) is 0.191. The molecule has 1 N–H and O–H groups in total. The molecule has 9 heteroatoms. The van der Waals surface area contributed by atoms with Crippen LogP contribution in [0.4, 0.5) is 11.4 Å². The molecule has 2 aromatic carbocycles. The Morgan fingerprint density at radius 2 is 1.70 bits per heavy atom. The Balaban J connectivity index is 1.99. The maximum absolute atomic E-state index is 12.9. The summed E-state index contributed by atoms with van der Waals surface area (Å²) in [7, 11) is -7.25. The lowest BCUT2D eigenvalue weighted by Crippen LogP contribution is -2.25. The second kappa shape index (κ2) is 7.00. The van der Waals surface area contributed by atoms with Gasteiger partial charge in [0, 0.05) is 6.54 Å². The van der Waals surface area contributed by atoms with E-state index in [9.17, 15) is 16.8 Å². The summed E-state index contributed by atoms with van der Waals surface area (Å²) in [6, 6.07) is 7.93. The van der Waals surface area contributed by atoms with Crippen molar-refractivity contribution >= 4 is 43.0 Å². The number of nitrogens with zero attached hydrogens (tertiary/aromatic N) is 1. The second-order valence-corrected chi connectivity index (χ2v) is 10.8. The van der Waals surface area contributed by atoms with E-state index in [1.54, 1.807) is 13.0 Å². The van der Waals surface area contributed by atoms with E-state index in [1.165, 1.54) is 22.5 Å². The monoisotopic (exact) mass is 428 g/mol. The number of rotatable bonds is 4. The average molecular weight is 429 g/mol. The highest BCUT2D eigenvalue weighted by atomic mass is 35.5. The highest BCUT2D eigenvalue weighted by Crippen LogP contribution is 2.34. The van der Waals surface area contributed by atoms with Gasteiger partial charge in [0.05, 0.1) is 27.0 Å². The molecule has 0 radical (unpaired) electrons. The summed E-state index contributed by atoms with van der Waals surface area (Å²) in [6.45, 7) is 5.85. The van der Waals surface area contributed by atoms with Crippen molar-refractivity contribution < 1.29 is 16.8 Å². The van der Waals surface area contributed by atoms with Gasteiger partial charge >= 0.3 is 0 Å². The number of hydrogen-bond donors (Lipinski definition) is 1. The fraction of sp³-hybridized carbons (Fsp3) is 0.333. The molecule has 6 nitrogen and oxygen atoms in total. The van der Waals surface area contributed by atoms with Gasteiger partial charge in [-0.05, 0) is 68.1 Å². The molecule has 1 aliphatic rings. The quantitative estimate of drug-likeness (QED) is 0.806. The van der Waals surface area contributed by atoms with Gasteiger partial charge in [0.25, 0.3) is 10.0 Å². The summed E-state index contributed by atoms with van der Waals surface area (Å²) in [5.74, 6) is 0.0567. The molecule has 146 valence electrons. The van der Waals surface area contributed by atoms with Crippen molar-refractivity contribution in [1.29, 1.82) is 0 Å². The average Bonchev–Trinajstić information content (AvgIpc) is 2.91.